The largest absolute Gasteiger partial charge is 0.445 e. The molecule has 7 heteroatoms. The molecular weight excluding hydrogens is 372 g/mol. The van der Waals surface area contributed by atoms with Gasteiger partial charge < -0.3 is 20.1 Å². The highest BCUT2D eigenvalue weighted by molar-refractivity contribution is 5.95. The summed E-state index contributed by atoms with van der Waals surface area (Å²) in [5.41, 5.74) is 1.72. The lowest BCUT2D eigenvalue weighted by molar-refractivity contribution is -0.129. The molecular formula is C22H24N2O5. The summed E-state index contributed by atoms with van der Waals surface area (Å²) in [6.07, 6.45) is -0.871. The number of ketones is 1. The molecule has 0 bridgehead atoms. The molecule has 0 aliphatic carbocycles. The van der Waals surface area contributed by atoms with E-state index in [0.717, 1.165) is 11.1 Å². The lowest BCUT2D eigenvalue weighted by atomic mass is 10.0. The van der Waals surface area contributed by atoms with Gasteiger partial charge in [0.15, 0.2) is 5.78 Å². The smallest absolute Gasteiger partial charge is 0.408 e. The van der Waals surface area contributed by atoms with Crippen LogP contribution in [0.2, 0.25) is 0 Å². The van der Waals surface area contributed by atoms with Crippen LogP contribution in [0.5, 0.6) is 0 Å². The van der Waals surface area contributed by atoms with Crippen molar-refractivity contribution in [3.05, 3.63) is 71.8 Å². The second-order valence-electron chi connectivity index (χ2n) is 6.90. The Labute approximate surface area is 169 Å². The first-order chi connectivity index (χ1) is 14.0. The van der Waals surface area contributed by atoms with Gasteiger partial charge in [-0.25, -0.2) is 4.79 Å². The average molecular weight is 396 g/mol. The zero-order chi connectivity index (χ0) is 20.6. The molecule has 0 unspecified atom stereocenters. The summed E-state index contributed by atoms with van der Waals surface area (Å²) in [4.78, 5) is 37.1. The van der Waals surface area contributed by atoms with Crippen molar-refractivity contribution < 1.29 is 23.9 Å². The van der Waals surface area contributed by atoms with Crippen molar-refractivity contribution in [1.29, 1.82) is 0 Å². The number of nitrogens with one attached hydrogen (secondary N) is 2. The van der Waals surface area contributed by atoms with E-state index >= 15 is 0 Å². The molecule has 0 spiro atoms. The van der Waals surface area contributed by atoms with Gasteiger partial charge in [-0.05, 0) is 18.1 Å². The molecule has 2 aromatic rings. The van der Waals surface area contributed by atoms with Gasteiger partial charge in [0.25, 0.3) is 0 Å². The van der Waals surface area contributed by atoms with Gasteiger partial charge in [-0.1, -0.05) is 60.7 Å². The summed E-state index contributed by atoms with van der Waals surface area (Å²) >= 11 is 0. The Morgan fingerprint density at radius 3 is 2.17 bits per heavy atom. The molecule has 2 aromatic carbocycles. The number of ether oxygens (including phenoxy) is 2. The topological polar surface area (TPSA) is 97.0 Å². The lowest BCUT2D eigenvalue weighted by Crippen LogP contribution is -2.52. The van der Waals surface area contributed by atoms with Gasteiger partial charge >= 0.3 is 6.09 Å². The average Bonchev–Trinajstić information content (AvgIpc) is 3.58. The fraction of sp³-hybridized carbons (Fsp3) is 0.318. The van der Waals surface area contributed by atoms with Gasteiger partial charge in [0.05, 0.1) is 12.6 Å². The van der Waals surface area contributed by atoms with Crippen molar-refractivity contribution >= 4 is 17.8 Å². The summed E-state index contributed by atoms with van der Waals surface area (Å²) < 4.78 is 10.2. The normalized spacial score (nSPS) is 16.9. The number of amides is 2. The molecule has 0 aromatic heterocycles. The van der Waals surface area contributed by atoms with Crippen LogP contribution in [0, 0.1) is 0 Å². The van der Waals surface area contributed by atoms with E-state index in [1.165, 1.54) is 0 Å². The molecule has 3 rings (SSSR count). The highest BCUT2D eigenvalue weighted by atomic mass is 16.6. The maximum Gasteiger partial charge on any atom is 0.408 e. The third-order valence-electron chi connectivity index (χ3n) is 4.54. The molecule has 1 aliphatic rings. The first-order valence-electron chi connectivity index (χ1n) is 9.50. The maximum atomic E-state index is 12.7. The van der Waals surface area contributed by atoms with Crippen LogP contribution >= 0.6 is 0 Å². The Balaban J connectivity index is 1.60. The van der Waals surface area contributed by atoms with E-state index in [1.54, 1.807) is 6.92 Å². The minimum absolute atomic E-state index is 0.0975. The standard InChI is InChI=1S/C22H24N2O5/c1-15(20(25)19-14-28-19)23-21(26)18(12-16-8-4-2-5-9-16)24-22(27)29-13-17-10-6-3-7-11-17/h2-11,15,18-19H,12-14H2,1H3,(H,23,26)(H,24,27)/t15-,18-,19-/m0/s1. The summed E-state index contributed by atoms with van der Waals surface area (Å²) in [6.45, 7) is 2.09. The molecule has 3 atom stereocenters. The van der Waals surface area contributed by atoms with E-state index in [4.69, 9.17) is 9.47 Å². The van der Waals surface area contributed by atoms with Crippen molar-refractivity contribution in [2.24, 2.45) is 0 Å². The van der Waals surface area contributed by atoms with Gasteiger partial charge in [-0.3, -0.25) is 9.59 Å². The van der Waals surface area contributed by atoms with Crippen LogP contribution in [-0.4, -0.2) is 42.6 Å². The monoisotopic (exact) mass is 396 g/mol. The summed E-state index contributed by atoms with van der Waals surface area (Å²) in [6, 6.07) is 17.0. The number of hydrogen-bond donors (Lipinski definition) is 2. The number of epoxide rings is 1. The van der Waals surface area contributed by atoms with Gasteiger partial charge in [-0.2, -0.15) is 0 Å². The zero-order valence-corrected chi connectivity index (χ0v) is 16.2. The number of benzene rings is 2. The fourth-order valence-corrected chi connectivity index (χ4v) is 2.84. The van der Waals surface area contributed by atoms with E-state index < -0.39 is 30.2 Å². The Bertz CT molecular complexity index is 837. The molecule has 152 valence electrons. The molecule has 0 radical (unpaired) electrons. The predicted molar refractivity (Wildman–Crippen MR) is 106 cm³/mol. The van der Waals surface area contributed by atoms with Crippen LogP contribution in [0.15, 0.2) is 60.7 Å². The van der Waals surface area contributed by atoms with Crippen molar-refractivity contribution in [3.63, 3.8) is 0 Å². The van der Waals surface area contributed by atoms with Gasteiger partial charge in [0, 0.05) is 6.42 Å². The van der Waals surface area contributed by atoms with Gasteiger partial charge in [0.2, 0.25) is 5.91 Å². The van der Waals surface area contributed by atoms with Crippen LogP contribution in [-0.2, 0) is 32.1 Å². The maximum absolute atomic E-state index is 12.7. The summed E-state index contributed by atoms with van der Waals surface area (Å²) in [5, 5.41) is 5.27. The predicted octanol–water partition coefficient (Wildman–Crippen LogP) is 2.00. The Hall–Kier alpha value is -3.19. The van der Waals surface area contributed by atoms with E-state index in [0.29, 0.717) is 6.61 Å². The van der Waals surface area contributed by atoms with Crippen LogP contribution in [0.25, 0.3) is 0 Å². The van der Waals surface area contributed by atoms with E-state index in [2.05, 4.69) is 10.6 Å². The van der Waals surface area contributed by atoms with Crippen molar-refractivity contribution in [2.45, 2.75) is 38.1 Å². The van der Waals surface area contributed by atoms with Crippen LogP contribution in [0.4, 0.5) is 4.79 Å². The van der Waals surface area contributed by atoms with Gasteiger partial charge in [-0.15, -0.1) is 0 Å². The second kappa shape index (κ2) is 9.84. The number of carbonyl (C=O) groups is 3. The number of hydrogen-bond acceptors (Lipinski definition) is 5. The van der Waals surface area contributed by atoms with Gasteiger partial charge in [0.1, 0.15) is 18.8 Å². The quantitative estimate of drug-likeness (QED) is 0.632. The Kier molecular flexibility index (Phi) is 6.97. The van der Waals surface area contributed by atoms with E-state index in [9.17, 15) is 14.4 Å². The van der Waals surface area contributed by atoms with Crippen molar-refractivity contribution in [3.8, 4) is 0 Å². The molecule has 1 aliphatic heterocycles. The highest BCUT2D eigenvalue weighted by Crippen LogP contribution is 2.12. The minimum Gasteiger partial charge on any atom is -0.445 e. The molecule has 1 saturated heterocycles. The van der Waals surface area contributed by atoms with Crippen molar-refractivity contribution in [2.75, 3.05) is 6.61 Å². The van der Waals surface area contributed by atoms with E-state index in [1.807, 2.05) is 60.7 Å². The Morgan fingerprint density at radius 2 is 1.59 bits per heavy atom. The van der Waals surface area contributed by atoms with Crippen LogP contribution in [0.1, 0.15) is 18.1 Å². The van der Waals surface area contributed by atoms with Crippen molar-refractivity contribution in [1.82, 2.24) is 10.6 Å². The first kappa shape index (κ1) is 20.5. The Morgan fingerprint density at radius 1 is 1.00 bits per heavy atom. The molecule has 1 heterocycles. The lowest BCUT2D eigenvalue weighted by Gasteiger charge is -2.20. The number of alkyl carbamates (subject to hydrolysis) is 1. The summed E-state index contributed by atoms with van der Waals surface area (Å²) in [5.74, 6) is -0.629. The van der Waals surface area contributed by atoms with Crippen LogP contribution in [0.3, 0.4) is 0 Å². The zero-order valence-electron chi connectivity index (χ0n) is 16.2. The molecule has 2 amide bonds. The first-order valence-corrected chi connectivity index (χ1v) is 9.50. The molecule has 7 nitrogen and oxygen atoms in total. The molecule has 1 fully saturated rings. The van der Waals surface area contributed by atoms with E-state index in [-0.39, 0.29) is 18.8 Å². The number of Topliss-reactive ketones (excluding diaryl/α,β-unsaturated/α-hetero) is 1. The SMILES string of the molecule is C[C@H](NC(=O)[C@H](Cc1ccccc1)NC(=O)OCc1ccccc1)C(=O)[C@@H]1CO1. The molecule has 2 N–H and O–H groups in total. The highest BCUT2D eigenvalue weighted by Gasteiger charge is 2.36. The fourth-order valence-electron chi connectivity index (χ4n) is 2.84. The number of carbonyl (C=O) groups excluding carboxylic acids is 3. The third kappa shape index (κ3) is 6.43. The summed E-state index contributed by atoms with van der Waals surface area (Å²) in [7, 11) is 0. The minimum atomic E-state index is -0.879. The third-order valence-corrected chi connectivity index (χ3v) is 4.54. The molecule has 0 saturated carbocycles. The second-order valence-corrected chi connectivity index (χ2v) is 6.90. The molecule has 29 heavy (non-hydrogen) atoms. The van der Waals surface area contributed by atoms with Crippen LogP contribution < -0.4 is 10.6 Å². The number of rotatable bonds is 9.